The van der Waals surface area contributed by atoms with Crippen LogP contribution in [0.4, 0.5) is 0 Å². The summed E-state index contributed by atoms with van der Waals surface area (Å²) in [5.41, 5.74) is 1.86. The van der Waals surface area contributed by atoms with Crippen LogP contribution in [0.15, 0.2) is 30.3 Å². The standard InChI is InChI=1S/C15H19NO3/c1-11(12-4-3-5-14(9-12)19-2)8-15(18)16-7-6-13(17)10-16/h3-5,8-9,13,17H,6-7,10H2,1-2H3/t13-/m1/s1. The van der Waals surface area contributed by atoms with E-state index in [0.29, 0.717) is 19.5 Å². The summed E-state index contributed by atoms with van der Waals surface area (Å²) in [5, 5.41) is 9.44. The van der Waals surface area contributed by atoms with Gasteiger partial charge < -0.3 is 14.7 Å². The quantitative estimate of drug-likeness (QED) is 0.842. The Morgan fingerprint density at radius 3 is 2.95 bits per heavy atom. The van der Waals surface area contributed by atoms with Crippen LogP contribution < -0.4 is 4.74 Å². The Bertz CT molecular complexity index is 496. The van der Waals surface area contributed by atoms with Gasteiger partial charge in [-0.3, -0.25) is 4.79 Å². The van der Waals surface area contributed by atoms with Gasteiger partial charge in [-0.2, -0.15) is 0 Å². The number of likely N-dealkylation sites (tertiary alicyclic amines) is 1. The van der Waals surface area contributed by atoms with Crippen LogP contribution >= 0.6 is 0 Å². The molecule has 1 aromatic carbocycles. The number of aliphatic hydroxyl groups is 1. The number of hydrogen-bond donors (Lipinski definition) is 1. The highest BCUT2D eigenvalue weighted by Crippen LogP contribution is 2.20. The van der Waals surface area contributed by atoms with Crippen molar-refractivity contribution in [2.75, 3.05) is 20.2 Å². The van der Waals surface area contributed by atoms with Crippen molar-refractivity contribution < 1.29 is 14.6 Å². The first kappa shape index (κ1) is 13.6. The van der Waals surface area contributed by atoms with Crippen molar-refractivity contribution in [3.05, 3.63) is 35.9 Å². The molecular weight excluding hydrogens is 242 g/mol. The van der Waals surface area contributed by atoms with Gasteiger partial charge in [0.25, 0.3) is 0 Å². The second-order valence-corrected chi connectivity index (χ2v) is 4.79. The van der Waals surface area contributed by atoms with E-state index in [4.69, 9.17) is 4.74 Å². The van der Waals surface area contributed by atoms with Crippen LogP contribution in [0.1, 0.15) is 18.9 Å². The maximum Gasteiger partial charge on any atom is 0.246 e. The highest BCUT2D eigenvalue weighted by atomic mass is 16.5. The SMILES string of the molecule is COc1cccc(C(C)=CC(=O)N2CC[C@@H](O)C2)c1. The summed E-state index contributed by atoms with van der Waals surface area (Å²) in [7, 11) is 1.62. The van der Waals surface area contributed by atoms with Crippen LogP contribution in [0.25, 0.3) is 5.57 Å². The lowest BCUT2D eigenvalue weighted by Crippen LogP contribution is -2.27. The van der Waals surface area contributed by atoms with Gasteiger partial charge in [-0.1, -0.05) is 12.1 Å². The first-order chi connectivity index (χ1) is 9.10. The van der Waals surface area contributed by atoms with Gasteiger partial charge in [0.1, 0.15) is 5.75 Å². The molecule has 4 nitrogen and oxygen atoms in total. The second-order valence-electron chi connectivity index (χ2n) is 4.79. The number of hydrogen-bond acceptors (Lipinski definition) is 3. The normalized spacial score (nSPS) is 19.6. The molecule has 1 saturated heterocycles. The fraction of sp³-hybridized carbons (Fsp3) is 0.400. The molecule has 0 radical (unpaired) electrons. The second kappa shape index (κ2) is 5.89. The van der Waals surface area contributed by atoms with E-state index in [9.17, 15) is 9.90 Å². The van der Waals surface area contributed by atoms with Crippen molar-refractivity contribution in [2.24, 2.45) is 0 Å². The zero-order valence-electron chi connectivity index (χ0n) is 11.3. The van der Waals surface area contributed by atoms with E-state index in [0.717, 1.165) is 16.9 Å². The Kier molecular flexibility index (Phi) is 4.22. The lowest BCUT2D eigenvalue weighted by Gasteiger charge is -2.13. The molecule has 19 heavy (non-hydrogen) atoms. The molecule has 0 spiro atoms. The predicted molar refractivity (Wildman–Crippen MR) is 73.8 cm³/mol. The third-order valence-corrected chi connectivity index (χ3v) is 3.34. The number of carbonyl (C=O) groups is 1. The molecule has 1 amide bonds. The van der Waals surface area contributed by atoms with E-state index in [1.807, 2.05) is 31.2 Å². The molecule has 0 aromatic heterocycles. The van der Waals surface area contributed by atoms with Crippen LogP contribution in [0.2, 0.25) is 0 Å². The van der Waals surface area contributed by atoms with Gasteiger partial charge in [-0.05, 0) is 36.6 Å². The maximum absolute atomic E-state index is 12.0. The van der Waals surface area contributed by atoms with Crippen molar-refractivity contribution >= 4 is 11.5 Å². The van der Waals surface area contributed by atoms with Gasteiger partial charge in [-0.15, -0.1) is 0 Å². The van der Waals surface area contributed by atoms with E-state index in [-0.39, 0.29) is 12.0 Å². The van der Waals surface area contributed by atoms with Gasteiger partial charge >= 0.3 is 0 Å². The molecule has 1 N–H and O–H groups in total. The molecule has 102 valence electrons. The molecular formula is C15H19NO3. The first-order valence-corrected chi connectivity index (χ1v) is 6.40. The molecule has 1 fully saturated rings. The number of allylic oxidation sites excluding steroid dienone is 1. The third kappa shape index (κ3) is 3.35. The number of benzene rings is 1. The highest BCUT2D eigenvalue weighted by molar-refractivity contribution is 5.95. The van der Waals surface area contributed by atoms with E-state index in [1.54, 1.807) is 18.1 Å². The molecule has 4 heteroatoms. The van der Waals surface area contributed by atoms with Gasteiger partial charge in [0.05, 0.1) is 13.2 Å². The summed E-state index contributed by atoms with van der Waals surface area (Å²) in [4.78, 5) is 13.7. The Morgan fingerprint density at radius 2 is 2.32 bits per heavy atom. The van der Waals surface area contributed by atoms with Crippen LogP contribution in [-0.2, 0) is 4.79 Å². The summed E-state index contributed by atoms with van der Waals surface area (Å²) >= 11 is 0. The van der Waals surface area contributed by atoms with Crippen LogP contribution in [0.3, 0.4) is 0 Å². The summed E-state index contributed by atoms with van der Waals surface area (Å²) in [6, 6.07) is 7.61. The van der Waals surface area contributed by atoms with Crippen molar-refractivity contribution in [1.82, 2.24) is 4.90 Å². The van der Waals surface area contributed by atoms with Gasteiger partial charge in [0.15, 0.2) is 0 Å². The van der Waals surface area contributed by atoms with Gasteiger partial charge in [0, 0.05) is 19.2 Å². The largest absolute Gasteiger partial charge is 0.497 e. The number of amides is 1. The summed E-state index contributed by atoms with van der Waals surface area (Å²) in [5.74, 6) is 0.728. The minimum atomic E-state index is -0.380. The zero-order valence-corrected chi connectivity index (χ0v) is 11.3. The zero-order chi connectivity index (χ0) is 13.8. The summed E-state index contributed by atoms with van der Waals surface area (Å²) in [6.07, 6.45) is 1.90. The highest BCUT2D eigenvalue weighted by Gasteiger charge is 2.23. The average Bonchev–Trinajstić information content (AvgIpc) is 2.85. The molecule has 1 aliphatic rings. The Morgan fingerprint density at radius 1 is 1.53 bits per heavy atom. The molecule has 1 aromatic rings. The van der Waals surface area contributed by atoms with E-state index in [2.05, 4.69) is 0 Å². The Balaban J connectivity index is 2.11. The van der Waals surface area contributed by atoms with Crippen molar-refractivity contribution in [3.8, 4) is 5.75 Å². The molecule has 1 heterocycles. The maximum atomic E-state index is 12.0. The van der Waals surface area contributed by atoms with Gasteiger partial charge in [-0.25, -0.2) is 0 Å². The van der Waals surface area contributed by atoms with Crippen LogP contribution in [-0.4, -0.2) is 42.2 Å². The van der Waals surface area contributed by atoms with Crippen LogP contribution in [0, 0.1) is 0 Å². The lowest BCUT2D eigenvalue weighted by molar-refractivity contribution is -0.125. The summed E-state index contributed by atoms with van der Waals surface area (Å²) < 4.78 is 5.17. The van der Waals surface area contributed by atoms with E-state index >= 15 is 0 Å². The molecule has 0 aliphatic carbocycles. The fourth-order valence-corrected chi connectivity index (χ4v) is 2.17. The van der Waals surface area contributed by atoms with Crippen molar-refractivity contribution in [2.45, 2.75) is 19.4 Å². The number of carbonyl (C=O) groups excluding carboxylic acids is 1. The van der Waals surface area contributed by atoms with E-state index in [1.165, 1.54) is 0 Å². The smallest absolute Gasteiger partial charge is 0.246 e. The molecule has 0 bridgehead atoms. The molecule has 1 aliphatic heterocycles. The fourth-order valence-electron chi connectivity index (χ4n) is 2.17. The topological polar surface area (TPSA) is 49.8 Å². The van der Waals surface area contributed by atoms with E-state index < -0.39 is 0 Å². The number of nitrogens with zero attached hydrogens (tertiary/aromatic N) is 1. The first-order valence-electron chi connectivity index (χ1n) is 6.40. The monoisotopic (exact) mass is 261 g/mol. The Labute approximate surface area is 113 Å². The minimum Gasteiger partial charge on any atom is -0.497 e. The number of aliphatic hydroxyl groups excluding tert-OH is 1. The molecule has 0 saturated carbocycles. The number of rotatable bonds is 3. The average molecular weight is 261 g/mol. The minimum absolute atomic E-state index is 0.0446. The predicted octanol–water partition coefficient (Wildman–Crippen LogP) is 1.69. The number of β-amino-alcohol motifs (C(OH)–C–C–N with tert-alkyl or cyclic N) is 1. The third-order valence-electron chi connectivity index (χ3n) is 3.34. The molecule has 2 rings (SSSR count). The molecule has 0 unspecified atom stereocenters. The number of methoxy groups -OCH3 is 1. The van der Waals surface area contributed by atoms with Crippen molar-refractivity contribution in [3.63, 3.8) is 0 Å². The van der Waals surface area contributed by atoms with Crippen LogP contribution in [0.5, 0.6) is 5.75 Å². The van der Waals surface area contributed by atoms with Gasteiger partial charge in [0.2, 0.25) is 5.91 Å². The lowest BCUT2D eigenvalue weighted by atomic mass is 10.1. The summed E-state index contributed by atoms with van der Waals surface area (Å²) in [6.45, 7) is 2.96. The Hall–Kier alpha value is -1.81. The number of ether oxygens (including phenoxy) is 1. The van der Waals surface area contributed by atoms with Crippen molar-refractivity contribution in [1.29, 1.82) is 0 Å². The molecule has 1 atom stereocenters.